The van der Waals surface area contributed by atoms with E-state index in [1.807, 2.05) is 0 Å². The van der Waals surface area contributed by atoms with E-state index in [0.717, 1.165) is 0 Å². The van der Waals surface area contributed by atoms with E-state index in [1.54, 1.807) is 0 Å². The minimum atomic E-state index is -0.420. The van der Waals surface area contributed by atoms with Gasteiger partial charge in [-0.15, -0.1) is 0 Å². The van der Waals surface area contributed by atoms with Gasteiger partial charge < -0.3 is 0 Å². The molecule has 2 heteroatoms. The van der Waals surface area contributed by atoms with Crippen molar-refractivity contribution in [3.8, 4) is 0 Å². The SMILES string of the molecule is C=C/C=C\C(F)=C(/C)Cl. The second-order valence-electron chi connectivity index (χ2n) is 1.48. The number of halogens is 2. The van der Waals surface area contributed by atoms with Gasteiger partial charge in [-0.05, 0) is 13.0 Å². The molecule has 0 amide bonds. The summed E-state index contributed by atoms with van der Waals surface area (Å²) in [6.07, 6.45) is 4.23. The van der Waals surface area contributed by atoms with Crippen molar-refractivity contribution < 1.29 is 4.39 Å². The summed E-state index contributed by atoms with van der Waals surface area (Å²) in [4.78, 5) is 0. The first-order valence-electron chi connectivity index (χ1n) is 2.49. The third-order valence-electron chi connectivity index (χ3n) is 0.708. The summed E-state index contributed by atoms with van der Waals surface area (Å²) in [6, 6.07) is 0. The zero-order chi connectivity index (χ0) is 7.28. The fraction of sp³-hybridized carbons (Fsp3) is 0.143. The monoisotopic (exact) mass is 146 g/mol. The molecule has 0 nitrogen and oxygen atoms in total. The molecular weight excluding hydrogens is 139 g/mol. The van der Waals surface area contributed by atoms with Crippen LogP contribution in [-0.2, 0) is 0 Å². The zero-order valence-corrected chi connectivity index (χ0v) is 5.95. The van der Waals surface area contributed by atoms with Gasteiger partial charge in [-0.2, -0.15) is 0 Å². The van der Waals surface area contributed by atoms with Crippen LogP contribution in [0.4, 0.5) is 4.39 Å². The largest absolute Gasteiger partial charge is 0.206 e. The predicted molar refractivity (Wildman–Crippen MR) is 39.0 cm³/mol. The topological polar surface area (TPSA) is 0 Å². The number of hydrogen-bond donors (Lipinski definition) is 0. The van der Waals surface area contributed by atoms with E-state index in [4.69, 9.17) is 11.6 Å². The lowest BCUT2D eigenvalue weighted by Gasteiger charge is -1.84. The lowest BCUT2D eigenvalue weighted by atomic mass is 10.4. The van der Waals surface area contributed by atoms with Crippen molar-refractivity contribution in [2.75, 3.05) is 0 Å². The Morgan fingerprint density at radius 1 is 1.67 bits per heavy atom. The summed E-state index contributed by atoms with van der Waals surface area (Å²) in [5.74, 6) is -0.420. The summed E-state index contributed by atoms with van der Waals surface area (Å²) in [5.41, 5.74) is 0. The van der Waals surface area contributed by atoms with Gasteiger partial charge in [-0.3, -0.25) is 0 Å². The molecule has 0 saturated carbocycles. The van der Waals surface area contributed by atoms with E-state index in [9.17, 15) is 4.39 Å². The van der Waals surface area contributed by atoms with Crippen molar-refractivity contribution in [3.63, 3.8) is 0 Å². The van der Waals surface area contributed by atoms with Crippen LogP contribution in [0.25, 0.3) is 0 Å². The minimum absolute atomic E-state index is 0.160. The Kier molecular flexibility index (Phi) is 4.06. The molecule has 0 saturated heterocycles. The molecule has 0 aromatic rings. The van der Waals surface area contributed by atoms with Crippen molar-refractivity contribution in [1.82, 2.24) is 0 Å². The second kappa shape index (κ2) is 4.33. The van der Waals surface area contributed by atoms with Crippen molar-refractivity contribution in [2.45, 2.75) is 6.92 Å². The zero-order valence-electron chi connectivity index (χ0n) is 5.20. The van der Waals surface area contributed by atoms with Gasteiger partial charge >= 0.3 is 0 Å². The van der Waals surface area contributed by atoms with Gasteiger partial charge in [-0.1, -0.05) is 30.3 Å². The number of allylic oxidation sites excluding steroid dienone is 5. The van der Waals surface area contributed by atoms with Crippen LogP contribution in [0.15, 0.2) is 35.7 Å². The maximum Gasteiger partial charge on any atom is 0.137 e. The average molecular weight is 147 g/mol. The molecule has 9 heavy (non-hydrogen) atoms. The molecule has 0 fully saturated rings. The Morgan fingerprint density at radius 2 is 2.22 bits per heavy atom. The Morgan fingerprint density at radius 3 is 2.56 bits per heavy atom. The normalized spacial score (nSPS) is 13.7. The molecule has 0 aliphatic carbocycles. The van der Waals surface area contributed by atoms with Crippen LogP contribution in [0.2, 0.25) is 0 Å². The van der Waals surface area contributed by atoms with Gasteiger partial charge in [0.15, 0.2) is 0 Å². The molecule has 0 rings (SSSR count). The Hall–Kier alpha value is -0.560. The van der Waals surface area contributed by atoms with Gasteiger partial charge in [0.1, 0.15) is 5.83 Å². The van der Waals surface area contributed by atoms with Crippen molar-refractivity contribution in [3.05, 3.63) is 35.7 Å². The first kappa shape index (κ1) is 8.44. The fourth-order valence-electron chi connectivity index (χ4n) is 0.267. The number of hydrogen-bond acceptors (Lipinski definition) is 0. The molecule has 0 bridgehead atoms. The molecule has 0 N–H and O–H groups in total. The van der Waals surface area contributed by atoms with Gasteiger partial charge in [0, 0.05) is 0 Å². The van der Waals surface area contributed by atoms with E-state index in [1.165, 1.54) is 25.2 Å². The maximum absolute atomic E-state index is 12.3. The smallest absolute Gasteiger partial charge is 0.137 e. The molecule has 0 spiro atoms. The molecule has 0 atom stereocenters. The van der Waals surface area contributed by atoms with Crippen molar-refractivity contribution in [2.24, 2.45) is 0 Å². The van der Waals surface area contributed by atoms with E-state index in [-0.39, 0.29) is 5.03 Å². The Balaban J connectivity index is 4.06. The summed E-state index contributed by atoms with van der Waals surface area (Å²) < 4.78 is 12.3. The van der Waals surface area contributed by atoms with Gasteiger partial charge in [0.2, 0.25) is 0 Å². The molecule has 50 valence electrons. The first-order valence-corrected chi connectivity index (χ1v) is 2.87. The second-order valence-corrected chi connectivity index (χ2v) is 2.04. The van der Waals surface area contributed by atoms with Crippen molar-refractivity contribution in [1.29, 1.82) is 0 Å². The van der Waals surface area contributed by atoms with Crippen LogP contribution in [0.5, 0.6) is 0 Å². The Bertz CT molecular complexity index is 152. The van der Waals surface area contributed by atoms with Crippen LogP contribution in [0.3, 0.4) is 0 Å². The maximum atomic E-state index is 12.3. The predicted octanol–water partition coefficient (Wildman–Crippen LogP) is 3.17. The van der Waals surface area contributed by atoms with Crippen LogP contribution >= 0.6 is 11.6 Å². The van der Waals surface area contributed by atoms with Crippen LogP contribution < -0.4 is 0 Å². The summed E-state index contributed by atoms with van der Waals surface area (Å²) in [7, 11) is 0. The molecular formula is C7H8ClF. The summed E-state index contributed by atoms with van der Waals surface area (Å²) in [6.45, 7) is 4.86. The molecule has 0 unspecified atom stereocenters. The molecule has 0 aliphatic rings. The van der Waals surface area contributed by atoms with E-state index in [0.29, 0.717) is 0 Å². The lowest BCUT2D eigenvalue weighted by molar-refractivity contribution is 0.662. The third kappa shape index (κ3) is 3.98. The Labute approximate surface area is 59.3 Å². The molecule has 0 aliphatic heterocycles. The van der Waals surface area contributed by atoms with Gasteiger partial charge in [-0.25, -0.2) is 4.39 Å². The van der Waals surface area contributed by atoms with E-state index >= 15 is 0 Å². The minimum Gasteiger partial charge on any atom is -0.206 e. The quantitative estimate of drug-likeness (QED) is 0.525. The summed E-state index contributed by atoms with van der Waals surface area (Å²) >= 11 is 5.28. The standard InChI is InChI=1S/C7H8ClF/c1-3-4-5-7(9)6(2)8/h3-5H,1H2,2H3/b5-4-,7-6-. The highest BCUT2D eigenvalue weighted by molar-refractivity contribution is 6.29. The van der Waals surface area contributed by atoms with Gasteiger partial charge in [0.25, 0.3) is 0 Å². The van der Waals surface area contributed by atoms with E-state index in [2.05, 4.69) is 6.58 Å². The van der Waals surface area contributed by atoms with E-state index < -0.39 is 5.83 Å². The first-order chi connectivity index (χ1) is 4.18. The molecule has 0 radical (unpaired) electrons. The highest BCUT2D eigenvalue weighted by Gasteiger charge is 1.89. The fourth-order valence-corrected chi connectivity index (χ4v) is 0.330. The van der Waals surface area contributed by atoms with Gasteiger partial charge in [0.05, 0.1) is 5.03 Å². The average Bonchev–Trinajstić information content (AvgIpc) is 1.82. The third-order valence-corrected chi connectivity index (χ3v) is 0.888. The van der Waals surface area contributed by atoms with Crippen LogP contribution in [0, 0.1) is 0 Å². The molecule has 0 aromatic carbocycles. The van der Waals surface area contributed by atoms with Crippen molar-refractivity contribution >= 4 is 11.6 Å². The molecule has 0 heterocycles. The highest BCUT2D eigenvalue weighted by Crippen LogP contribution is 2.10. The molecule has 0 aromatic heterocycles. The highest BCUT2D eigenvalue weighted by atomic mass is 35.5. The summed E-state index contributed by atoms with van der Waals surface area (Å²) in [5, 5.41) is 0.160. The number of rotatable bonds is 2. The lowest BCUT2D eigenvalue weighted by Crippen LogP contribution is -1.65. The van der Waals surface area contributed by atoms with Crippen LogP contribution in [0.1, 0.15) is 6.92 Å². The van der Waals surface area contributed by atoms with Crippen LogP contribution in [-0.4, -0.2) is 0 Å².